The summed E-state index contributed by atoms with van der Waals surface area (Å²) in [4.78, 5) is 5.76. The quantitative estimate of drug-likeness (QED) is 0.371. The van der Waals surface area contributed by atoms with Crippen molar-refractivity contribution in [3.63, 3.8) is 0 Å². The summed E-state index contributed by atoms with van der Waals surface area (Å²) in [5.74, 6) is 0.489. The Hall–Kier alpha value is -1.12. The summed E-state index contributed by atoms with van der Waals surface area (Å²) >= 11 is 1.76. The van der Waals surface area contributed by atoms with Gasteiger partial charge >= 0.3 is 0 Å². The largest absolute Gasteiger partial charge is 0.377 e. The van der Waals surface area contributed by atoms with Crippen LogP contribution < -0.4 is 11.1 Å². The van der Waals surface area contributed by atoms with Crippen molar-refractivity contribution in [2.45, 2.75) is 26.5 Å². The maximum atomic E-state index is 5.92. The number of aliphatic imine (C=N–C) groups is 1. The number of benzene rings is 1. The summed E-state index contributed by atoms with van der Waals surface area (Å²) in [6.07, 6.45) is 0.967. The number of nitrogens with two attached hydrogens (primary N) is 1. The maximum Gasteiger partial charge on any atom is 0.188 e. The van der Waals surface area contributed by atoms with Crippen molar-refractivity contribution in [3.05, 3.63) is 57.8 Å². The highest BCUT2D eigenvalue weighted by molar-refractivity contribution is 14.0. The van der Waals surface area contributed by atoms with E-state index in [0.29, 0.717) is 25.7 Å². The fourth-order valence-electron chi connectivity index (χ4n) is 2.06. The number of guanidine groups is 1. The Balaban J connectivity index is 0.00000264. The summed E-state index contributed by atoms with van der Waals surface area (Å²) in [5.41, 5.74) is 8.24. The van der Waals surface area contributed by atoms with Crippen LogP contribution in [-0.4, -0.2) is 19.1 Å². The van der Waals surface area contributed by atoms with Crippen LogP contribution >= 0.6 is 35.3 Å². The van der Waals surface area contributed by atoms with Gasteiger partial charge in [-0.3, -0.25) is 0 Å². The molecular formula is C17H24IN3OS. The molecule has 0 saturated heterocycles. The number of halogens is 1. The molecule has 1 aromatic heterocycles. The van der Waals surface area contributed by atoms with E-state index in [0.717, 1.165) is 18.5 Å². The smallest absolute Gasteiger partial charge is 0.188 e. The molecule has 6 heteroatoms. The molecule has 4 nitrogen and oxygen atoms in total. The Morgan fingerprint density at radius 3 is 2.70 bits per heavy atom. The third kappa shape index (κ3) is 7.32. The van der Waals surface area contributed by atoms with Crippen LogP contribution in [0, 0.1) is 0 Å². The molecule has 0 atom stereocenters. The lowest BCUT2D eigenvalue weighted by Crippen LogP contribution is -2.33. The van der Waals surface area contributed by atoms with Crippen LogP contribution in [-0.2, 0) is 24.3 Å². The topological polar surface area (TPSA) is 59.6 Å². The monoisotopic (exact) mass is 445 g/mol. The SMILES string of the molecule is CCOCc1ccccc1CN=C(N)NCCc1cccs1.I. The first-order valence-electron chi connectivity index (χ1n) is 7.50. The number of thiophene rings is 1. The van der Waals surface area contributed by atoms with Gasteiger partial charge in [0.15, 0.2) is 5.96 Å². The lowest BCUT2D eigenvalue weighted by atomic mass is 10.1. The van der Waals surface area contributed by atoms with Crippen LogP contribution in [0.15, 0.2) is 46.8 Å². The fourth-order valence-corrected chi connectivity index (χ4v) is 2.77. The van der Waals surface area contributed by atoms with Crippen molar-refractivity contribution in [2.75, 3.05) is 13.2 Å². The molecule has 0 aliphatic heterocycles. The molecule has 2 rings (SSSR count). The second kappa shape index (κ2) is 11.4. The second-order valence-corrected chi connectivity index (χ2v) is 5.90. The van der Waals surface area contributed by atoms with Gasteiger partial charge in [0.2, 0.25) is 0 Å². The number of rotatable bonds is 8. The Morgan fingerprint density at radius 1 is 1.22 bits per heavy atom. The molecule has 2 aromatic rings. The van der Waals surface area contributed by atoms with Crippen LogP contribution in [0.5, 0.6) is 0 Å². The predicted octanol–water partition coefficient (Wildman–Crippen LogP) is 3.55. The molecular weight excluding hydrogens is 421 g/mol. The molecule has 3 N–H and O–H groups in total. The van der Waals surface area contributed by atoms with Crippen LogP contribution in [0.2, 0.25) is 0 Å². The standard InChI is InChI=1S/C17H23N3OS.HI/c1-2-21-13-15-7-4-3-6-14(15)12-20-17(18)19-10-9-16-8-5-11-22-16;/h3-8,11H,2,9-10,12-13H2,1H3,(H3,18,19,20);1H. The lowest BCUT2D eigenvalue weighted by molar-refractivity contribution is 0.133. The minimum atomic E-state index is 0. The summed E-state index contributed by atoms with van der Waals surface area (Å²) in [5, 5.41) is 5.24. The van der Waals surface area contributed by atoms with Crippen molar-refractivity contribution < 1.29 is 4.74 Å². The summed E-state index contributed by atoms with van der Waals surface area (Å²) in [7, 11) is 0. The predicted molar refractivity (Wildman–Crippen MR) is 109 cm³/mol. The Labute approximate surface area is 159 Å². The first-order chi connectivity index (χ1) is 10.8. The number of hydrogen-bond donors (Lipinski definition) is 2. The van der Waals surface area contributed by atoms with Gasteiger partial charge in [0, 0.05) is 18.0 Å². The third-order valence-corrected chi connectivity index (χ3v) is 4.19. The highest BCUT2D eigenvalue weighted by Gasteiger charge is 2.01. The average Bonchev–Trinajstić information content (AvgIpc) is 3.05. The fraction of sp³-hybridized carbons (Fsp3) is 0.353. The van der Waals surface area contributed by atoms with Gasteiger partial charge in [-0.1, -0.05) is 30.3 Å². The highest BCUT2D eigenvalue weighted by atomic mass is 127. The van der Waals surface area contributed by atoms with E-state index >= 15 is 0 Å². The van der Waals surface area contributed by atoms with Gasteiger partial charge in [-0.15, -0.1) is 35.3 Å². The van der Waals surface area contributed by atoms with E-state index in [1.165, 1.54) is 10.4 Å². The molecule has 0 bridgehead atoms. The second-order valence-electron chi connectivity index (χ2n) is 4.86. The van der Waals surface area contributed by atoms with Gasteiger partial charge in [0.05, 0.1) is 13.2 Å². The summed E-state index contributed by atoms with van der Waals surface area (Å²) in [6.45, 7) is 4.70. The normalized spacial score (nSPS) is 11.1. The molecule has 1 heterocycles. The zero-order valence-electron chi connectivity index (χ0n) is 13.3. The molecule has 0 spiro atoms. The van der Waals surface area contributed by atoms with Crippen molar-refractivity contribution >= 4 is 41.3 Å². The molecule has 23 heavy (non-hydrogen) atoms. The Kier molecular flexibility index (Phi) is 9.89. The van der Waals surface area contributed by atoms with Crippen molar-refractivity contribution in [1.82, 2.24) is 5.32 Å². The molecule has 0 fully saturated rings. The van der Waals surface area contributed by atoms with Gasteiger partial charge in [-0.2, -0.15) is 0 Å². The van der Waals surface area contributed by atoms with E-state index in [9.17, 15) is 0 Å². The number of hydrogen-bond acceptors (Lipinski definition) is 3. The minimum Gasteiger partial charge on any atom is -0.377 e. The molecule has 0 radical (unpaired) electrons. The van der Waals surface area contributed by atoms with Gasteiger partial charge < -0.3 is 15.8 Å². The van der Waals surface area contributed by atoms with E-state index < -0.39 is 0 Å². The molecule has 126 valence electrons. The highest BCUT2D eigenvalue weighted by Crippen LogP contribution is 2.11. The number of nitrogens with zero attached hydrogens (tertiary/aromatic N) is 1. The zero-order valence-corrected chi connectivity index (χ0v) is 16.5. The van der Waals surface area contributed by atoms with Crippen LogP contribution in [0.25, 0.3) is 0 Å². The molecule has 0 aliphatic carbocycles. The lowest BCUT2D eigenvalue weighted by Gasteiger charge is -2.08. The van der Waals surface area contributed by atoms with Crippen LogP contribution in [0.3, 0.4) is 0 Å². The van der Waals surface area contributed by atoms with E-state index in [4.69, 9.17) is 10.5 Å². The first-order valence-corrected chi connectivity index (χ1v) is 8.38. The van der Waals surface area contributed by atoms with Crippen LogP contribution in [0.1, 0.15) is 22.9 Å². The van der Waals surface area contributed by atoms with Gasteiger partial charge in [-0.25, -0.2) is 4.99 Å². The van der Waals surface area contributed by atoms with Gasteiger partial charge in [0.1, 0.15) is 0 Å². The van der Waals surface area contributed by atoms with E-state index in [-0.39, 0.29) is 24.0 Å². The minimum absolute atomic E-state index is 0. The van der Waals surface area contributed by atoms with E-state index in [2.05, 4.69) is 40.0 Å². The van der Waals surface area contributed by atoms with E-state index in [1.54, 1.807) is 11.3 Å². The van der Waals surface area contributed by atoms with Gasteiger partial charge in [0.25, 0.3) is 0 Å². The van der Waals surface area contributed by atoms with E-state index in [1.807, 2.05) is 19.1 Å². The Morgan fingerprint density at radius 2 is 2.00 bits per heavy atom. The third-order valence-electron chi connectivity index (χ3n) is 3.26. The molecule has 1 aromatic carbocycles. The van der Waals surface area contributed by atoms with Crippen molar-refractivity contribution in [2.24, 2.45) is 10.7 Å². The average molecular weight is 445 g/mol. The van der Waals surface area contributed by atoms with Crippen molar-refractivity contribution in [1.29, 1.82) is 0 Å². The number of nitrogens with one attached hydrogen (secondary N) is 1. The number of ether oxygens (including phenoxy) is 1. The molecule has 0 saturated carbocycles. The molecule has 0 amide bonds. The Bertz CT molecular complexity index is 587. The summed E-state index contributed by atoms with van der Waals surface area (Å²) < 4.78 is 5.48. The maximum absolute atomic E-state index is 5.92. The zero-order chi connectivity index (χ0) is 15.6. The first kappa shape index (κ1) is 19.9. The molecule has 0 unspecified atom stereocenters. The van der Waals surface area contributed by atoms with Crippen LogP contribution in [0.4, 0.5) is 0 Å². The summed E-state index contributed by atoms with van der Waals surface area (Å²) in [6, 6.07) is 12.4. The van der Waals surface area contributed by atoms with Crippen molar-refractivity contribution in [3.8, 4) is 0 Å². The van der Waals surface area contributed by atoms with Gasteiger partial charge in [-0.05, 0) is 35.9 Å². The molecule has 0 aliphatic rings.